The van der Waals surface area contributed by atoms with Crippen LogP contribution in [-0.4, -0.2) is 45.8 Å². The van der Waals surface area contributed by atoms with E-state index < -0.39 is 0 Å². The molecule has 1 amide bonds. The van der Waals surface area contributed by atoms with E-state index in [0.717, 1.165) is 41.1 Å². The van der Waals surface area contributed by atoms with Gasteiger partial charge in [0.2, 0.25) is 5.91 Å². The second kappa shape index (κ2) is 7.59. The molecule has 1 aliphatic rings. The van der Waals surface area contributed by atoms with Crippen molar-refractivity contribution in [3.05, 3.63) is 72.6 Å². The summed E-state index contributed by atoms with van der Waals surface area (Å²) in [6.07, 6.45) is 4.83. The second-order valence-electron chi connectivity index (χ2n) is 7.47. The molecule has 0 bridgehead atoms. The minimum Gasteiger partial charge on any atom is -0.357 e. The molecule has 0 fully saturated rings. The number of hydrogen-bond donors (Lipinski definition) is 0. The van der Waals surface area contributed by atoms with E-state index in [2.05, 4.69) is 10.00 Å². The predicted octanol–water partition coefficient (Wildman–Crippen LogP) is 3.23. The Labute approximate surface area is 174 Å². The third-order valence-electron chi connectivity index (χ3n) is 5.39. The lowest BCUT2D eigenvalue weighted by Gasteiger charge is -2.23. The van der Waals surface area contributed by atoms with Crippen molar-refractivity contribution in [2.24, 2.45) is 0 Å². The average molecular weight is 398 g/mol. The Morgan fingerprint density at radius 2 is 1.67 bits per heavy atom. The maximum atomic E-state index is 13.3. The zero-order chi connectivity index (χ0) is 20.5. The van der Waals surface area contributed by atoms with Crippen molar-refractivity contribution in [3.8, 4) is 5.69 Å². The normalized spacial score (nSPS) is 13.9. The molecule has 2 aromatic carbocycles. The topological polar surface area (TPSA) is 67.2 Å². The van der Waals surface area contributed by atoms with Gasteiger partial charge in [0.25, 0.3) is 0 Å². The molecule has 0 saturated heterocycles. The first-order valence-corrected chi connectivity index (χ1v) is 10.1. The van der Waals surface area contributed by atoms with Gasteiger partial charge in [0.1, 0.15) is 0 Å². The number of benzene rings is 2. The van der Waals surface area contributed by atoms with Gasteiger partial charge < -0.3 is 4.90 Å². The molecule has 150 valence electrons. The molecule has 0 radical (unpaired) electrons. The van der Waals surface area contributed by atoms with Crippen molar-refractivity contribution in [1.29, 1.82) is 0 Å². The number of rotatable bonds is 3. The van der Waals surface area contributed by atoms with Crippen LogP contribution in [0.5, 0.6) is 0 Å². The van der Waals surface area contributed by atoms with Crippen molar-refractivity contribution in [3.63, 3.8) is 0 Å². The van der Waals surface area contributed by atoms with Crippen LogP contribution in [0.4, 0.5) is 11.6 Å². The zero-order valence-electron chi connectivity index (χ0n) is 16.8. The van der Waals surface area contributed by atoms with Crippen LogP contribution in [0.2, 0.25) is 0 Å². The Kier molecular flexibility index (Phi) is 4.63. The maximum absolute atomic E-state index is 13.3. The Balaban J connectivity index is 1.44. The van der Waals surface area contributed by atoms with Crippen LogP contribution in [0.3, 0.4) is 0 Å². The summed E-state index contributed by atoms with van der Waals surface area (Å²) >= 11 is 0. The van der Waals surface area contributed by atoms with Gasteiger partial charge >= 0.3 is 0 Å². The molecular weight excluding hydrogens is 376 g/mol. The van der Waals surface area contributed by atoms with Crippen LogP contribution < -0.4 is 9.80 Å². The van der Waals surface area contributed by atoms with E-state index in [1.165, 1.54) is 0 Å². The molecular formula is C23H22N6O. The van der Waals surface area contributed by atoms with E-state index >= 15 is 0 Å². The number of anilines is 2. The van der Waals surface area contributed by atoms with Crippen LogP contribution in [0.15, 0.2) is 67.0 Å². The van der Waals surface area contributed by atoms with Crippen molar-refractivity contribution < 1.29 is 4.79 Å². The Morgan fingerprint density at radius 3 is 2.37 bits per heavy atom. The van der Waals surface area contributed by atoms with Gasteiger partial charge in [-0.3, -0.25) is 9.69 Å². The Hall–Kier alpha value is -3.74. The molecule has 0 saturated carbocycles. The quantitative estimate of drug-likeness (QED) is 0.530. The molecule has 5 rings (SSSR count). The van der Waals surface area contributed by atoms with E-state index in [4.69, 9.17) is 9.97 Å². The van der Waals surface area contributed by atoms with Crippen molar-refractivity contribution in [1.82, 2.24) is 19.7 Å². The molecule has 0 N–H and O–H groups in total. The first-order valence-electron chi connectivity index (χ1n) is 10.1. The summed E-state index contributed by atoms with van der Waals surface area (Å²) in [5.74, 6) is 1.43. The van der Waals surface area contributed by atoms with Gasteiger partial charge in [0, 0.05) is 32.5 Å². The third-order valence-corrected chi connectivity index (χ3v) is 5.39. The van der Waals surface area contributed by atoms with Crippen LogP contribution in [0, 0.1) is 0 Å². The SMILES string of the molecule is CN1CCCN(C(=O)Cc2ccc(-n3cccn3)cc2)c2nc3ccccc3nc21. The lowest BCUT2D eigenvalue weighted by Crippen LogP contribution is -2.33. The number of carbonyl (C=O) groups excluding carboxylic acids is 1. The summed E-state index contributed by atoms with van der Waals surface area (Å²) in [6, 6.07) is 17.6. The third kappa shape index (κ3) is 3.39. The zero-order valence-corrected chi connectivity index (χ0v) is 16.8. The minimum atomic E-state index is 0.0305. The molecule has 2 aromatic heterocycles. The van der Waals surface area contributed by atoms with Crippen molar-refractivity contribution in [2.45, 2.75) is 12.8 Å². The van der Waals surface area contributed by atoms with E-state index in [9.17, 15) is 4.79 Å². The summed E-state index contributed by atoms with van der Waals surface area (Å²) in [6.45, 7) is 1.47. The molecule has 3 heterocycles. The second-order valence-corrected chi connectivity index (χ2v) is 7.47. The molecule has 4 aromatic rings. The predicted molar refractivity (Wildman–Crippen MR) is 117 cm³/mol. The lowest BCUT2D eigenvalue weighted by molar-refractivity contribution is -0.118. The highest BCUT2D eigenvalue weighted by molar-refractivity contribution is 5.97. The van der Waals surface area contributed by atoms with Crippen molar-refractivity contribution in [2.75, 3.05) is 29.9 Å². The highest BCUT2D eigenvalue weighted by atomic mass is 16.2. The fraction of sp³-hybridized carbons (Fsp3) is 0.217. The minimum absolute atomic E-state index is 0.0305. The first kappa shape index (κ1) is 18.3. The number of hydrogen-bond acceptors (Lipinski definition) is 5. The maximum Gasteiger partial charge on any atom is 0.232 e. The Morgan fingerprint density at radius 1 is 0.933 bits per heavy atom. The number of amides is 1. The van der Waals surface area contributed by atoms with Gasteiger partial charge in [-0.05, 0) is 42.3 Å². The number of para-hydroxylation sites is 2. The molecule has 0 aliphatic carbocycles. The average Bonchev–Trinajstić information content (AvgIpc) is 3.26. The van der Waals surface area contributed by atoms with Gasteiger partial charge in [-0.1, -0.05) is 24.3 Å². The monoisotopic (exact) mass is 398 g/mol. The van der Waals surface area contributed by atoms with E-state index in [-0.39, 0.29) is 5.91 Å². The number of carbonyl (C=O) groups is 1. The standard InChI is InChI=1S/C23H22N6O/c1-27-13-5-14-28(23-22(27)25-19-6-2-3-7-20(19)26-23)21(30)16-17-8-10-18(11-9-17)29-15-4-12-24-29/h2-4,6-12,15H,5,13-14,16H2,1H3. The number of nitrogens with zero attached hydrogens (tertiary/aromatic N) is 6. The van der Waals surface area contributed by atoms with E-state index in [1.54, 1.807) is 15.8 Å². The van der Waals surface area contributed by atoms with Gasteiger partial charge in [-0.25, -0.2) is 14.6 Å². The fourth-order valence-electron chi connectivity index (χ4n) is 3.80. The molecule has 7 nitrogen and oxygen atoms in total. The van der Waals surface area contributed by atoms with Crippen LogP contribution in [-0.2, 0) is 11.2 Å². The van der Waals surface area contributed by atoms with E-state index in [0.29, 0.717) is 18.8 Å². The number of aromatic nitrogens is 4. The van der Waals surface area contributed by atoms with Crippen LogP contribution in [0.1, 0.15) is 12.0 Å². The molecule has 1 aliphatic heterocycles. The van der Waals surface area contributed by atoms with Gasteiger partial charge in [-0.2, -0.15) is 5.10 Å². The molecule has 7 heteroatoms. The summed E-state index contributed by atoms with van der Waals surface area (Å²) in [5, 5.41) is 4.24. The fourth-order valence-corrected chi connectivity index (χ4v) is 3.80. The van der Waals surface area contributed by atoms with E-state index in [1.807, 2.05) is 67.8 Å². The first-order chi connectivity index (χ1) is 14.7. The highest BCUT2D eigenvalue weighted by Gasteiger charge is 2.26. The summed E-state index contributed by atoms with van der Waals surface area (Å²) in [5.41, 5.74) is 3.57. The highest BCUT2D eigenvalue weighted by Crippen LogP contribution is 2.30. The van der Waals surface area contributed by atoms with Crippen LogP contribution >= 0.6 is 0 Å². The lowest BCUT2D eigenvalue weighted by atomic mass is 10.1. The smallest absolute Gasteiger partial charge is 0.232 e. The Bertz CT molecular complexity index is 1190. The summed E-state index contributed by atoms with van der Waals surface area (Å²) in [7, 11) is 2.00. The largest absolute Gasteiger partial charge is 0.357 e. The van der Waals surface area contributed by atoms with Gasteiger partial charge in [0.15, 0.2) is 11.6 Å². The summed E-state index contributed by atoms with van der Waals surface area (Å²) in [4.78, 5) is 26.7. The number of fused-ring (bicyclic) bond motifs is 2. The van der Waals surface area contributed by atoms with Crippen LogP contribution in [0.25, 0.3) is 16.7 Å². The van der Waals surface area contributed by atoms with Gasteiger partial charge in [0.05, 0.1) is 23.1 Å². The van der Waals surface area contributed by atoms with Crippen molar-refractivity contribution >= 4 is 28.6 Å². The van der Waals surface area contributed by atoms with Gasteiger partial charge in [-0.15, -0.1) is 0 Å². The molecule has 0 atom stereocenters. The molecule has 30 heavy (non-hydrogen) atoms. The summed E-state index contributed by atoms with van der Waals surface area (Å²) < 4.78 is 1.80. The molecule has 0 unspecified atom stereocenters. The molecule has 0 spiro atoms.